The second kappa shape index (κ2) is 7.76. The first kappa shape index (κ1) is 21.0. The summed E-state index contributed by atoms with van der Waals surface area (Å²) in [5.74, 6) is 2.28. The van der Waals surface area contributed by atoms with Crippen LogP contribution in [0.3, 0.4) is 0 Å². The minimum absolute atomic E-state index is 0.0967. The predicted molar refractivity (Wildman–Crippen MR) is 121 cm³/mol. The Balaban J connectivity index is 1.40. The summed E-state index contributed by atoms with van der Waals surface area (Å²) >= 11 is 0. The molecule has 1 atom stereocenters. The summed E-state index contributed by atoms with van der Waals surface area (Å²) < 4.78 is 0. The molecule has 4 heteroatoms. The molecule has 1 amide bonds. The molecule has 1 aromatic carbocycles. The van der Waals surface area contributed by atoms with Gasteiger partial charge in [-0.2, -0.15) is 5.26 Å². The predicted octanol–water partition coefficient (Wildman–Crippen LogP) is 5.52. The molecule has 0 heterocycles. The standard InChI is InChI=1S/C26H35N3O/c1-17(26-12-18-9-19(13-26)11-20(10-18)14-26)29-24(30)21(15-27)16-28-23-7-5-22(6-8-23)25(2,3)4/h5-8,16-20,28H,9-14H2,1-4H3,(H,29,30)/b21-16-. The van der Waals surface area contributed by atoms with Gasteiger partial charge in [-0.25, -0.2) is 0 Å². The highest BCUT2D eigenvalue weighted by Gasteiger charge is 2.53. The monoisotopic (exact) mass is 405 g/mol. The average Bonchev–Trinajstić information content (AvgIpc) is 2.67. The Labute approximate surface area is 181 Å². The third-order valence-corrected chi connectivity index (χ3v) is 7.85. The van der Waals surface area contributed by atoms with Crippen molar-refractivity contribution >= 4 is 11.6 Å². The van der Waals surface area contributed by atoms with Crippen molar-refractivity contribution in [2.24, 2.45) is 23.2 Å². The second-order valence-electron chi connectivity index (χ2n) is 11.1. The van der Waals surface area contributed by atoms with Crippen molar-refractivity contribution < 1.29 is 4.79 Å². The summed E-state index contributed by atoms with van der Waals surface area (Å²) in [7, 11) is 0. The lowest BCUT2D eigenvalue weighted by atomic mass is 9.48. The molecular formula is C26H35N3O. The van der Waals surface area contributed by atoms with Gasteiger partial charge in [-0.3, -0.25) is 4.79 Å². The van der Waals surface area contributed by atoms with Crippen LogP contribution in [0, 0.1) is 34.5 Å². The van der Waals surface area contributed by atoms with E-state index in [1.54, 1.807) is 0 Å². The fraction of sp³-hybridized carbons (Fsp3) is 0.615. The largest absolute Gasteiger partial charge is 0.360 e. The first-order valence-electron chi connectivity index (χ1n) is 11.5. The van der Waals surface area contributed by atoms with Crippen molar-refractivity contribution in [2.45, 2.75) is 77.7 Å². The van der Waals surface area contributed by atoms with Gasteiger partial charge in [-0.05, 0) is 91.7 Å². The van der Waals surface area contributed by atoms with E-state index in [9.17, 15) is 10.1 Å². The molecular weight excluding hydrogens is 370 g/mol. The van der Waals surface area contributed by atoms with E-state index in [-0.39, 0.29) is 28.4 Å². The quantitative estimate of drug-likeness (QED) is 0.500. The van der Waals surface area contributed by atoms with Gasteiger partial charge < -0.3 is 10.6 Å². The number of nitriles is 1. The van der Waals surface area contributed by atoms with Gasteiger partial charge in [0.2, 0.25) is 0 Å². The SMILES string of the molecule is CC(NC(=O)/C(C#N)=C\Nc1ccc(C(C)(C)C)cc1)C12CC3CC(CC(C3)C1)C2. The van der Waals surface area contributed by atoms with Gasteiger partial charge in [-0.1, -0.05) is 32.9 Å². The van der Waals surface area contributed by atoms with Crippen molar-refractivity contribution in [1.82, 2.24) is 5.32 Å². The Morgan fingerprint density at radius 2 is 1.63 bits per heavy atom. The van der Waals surface area contributed by atoms with Crippen LogP contribution in [0.15, 0.2) is 36.0 Å². The fourth-order valence-electron chi connectivity index (χ4n) is 6.51. The van der Waals surface area contributed by atoms with Crippen LogP contribution in [0.4, 0.5) is 5.69 Å². The number of carbonyl (C=O) groups excluding carboxylic acids is 1. The van der Waals surface area contributed by atoms with E-state index >= 15 is 0 Å². The molecule has 0 radical (unpaired) electrons. The van der Waals surface area contributed by atoms with Crippen LogP contribution in [-0.2, 0) is 10.2 Å². The Morgan fingerprint density at radius 3 is 2.10 bits per heavy atom. The van der Waals surface area contributed by atoms with Crippen molar-refractivity contribution in [3.05, 3.63) is 41.6 Å². The lowest BCUT2D eigenvalue weighted by molar-refractivity contribution is -0.122. The summed E-state index contributed by atoms with van der Waals surface area (Å²) in [6.45, 7) is 8.69. The number of carbonyl (C=O) groups is 1. The maximum Gasteiger partial charge on any atom is 0.263 e. The number of amides is 1. The van der Waals surface area contributed by atoms with Crippen LogP contribution >= 0.6 is 0 Å². The van der Waals surface area contributed by atoms with Gasteiger partial charge in [-0.15, -0.1) is 0 Å². The molecule has 160 valence electrons. The van der Waals surface area contributed by atoms with Gasteiger partial charge in [0.15, 0.2) is 0 Å². The molecule has 4 nitrogen and oxygen atoms in total. The van der Waals surface area contributed by atoms with Crippen LogP contribution in [0.25, 0.3) is 0 Å². The van der Waals surface area contributed by atoms with Crippen molar-refractivity contribution in [1.29, 1.82) is 5.26 Å². The third kappa shape index (κ3) is 4.13. The molecule has 5 rings (SSSR count). The van der Waals surface area contributed by atoms with Gasteiger partial charge in [0, 0.05) is 17.9 Å². The van der Waals surface area contributed by atoms with Crippen molar-refractivity contribution in [2.75, 3.05) is 5.32 Å². The Morgan fingerprint density at radius 1 is 1.10 bits per heavy atom. The van der Waals surface area contributed by atoms with Crippen LogP contribution < -0.4 is 10.6 Å². The highest BCUT2D eigenvalue weighted by molar-refractivity contribution is 5.97. The van der Waals surface area contributed by atoms with Crippen LogP contribution in [0.2, 0.25) is 0 Å². The highest BCUT2D eigenvalue weighted by atomic mass is 16.1. The van der Waals surface area contributed by atoms with E-state index in [2.05, 4.69) is 56.5 Å². The zero-order chi connectivity index (χ0) is 21.5. The molecule has 4 fully saturated rings. The van der Waals surface area contributed by atoms with E-state index in [0.717, 1.165) is 23.4 Å². The number of hydrogen-bond donors (Lipinski definition) is 2. The molecule has 0 saturated heterocycles. The Hall–Kier alpha value is -2.28. The minimum atomic E-state index is -0.264. The number of nitrogens with one attached hydrogen (secondary N) is 2. The second-order valence-corrected chi connectivity index (χ2v) is 11.1. The molecule has 4 aliphatic carbocycles. The maximum atomic E-state index is 12.8. The summed E-state index contributed by atoms with van der Waals surface area (Å²) in [6.07, 6.45) is 9.43. The van der Waals surface area contributed by atoms with E-state index in [4.69, 9.17) is 0 Å². The Bertz CT molecular complexity index is 834. The van der Waals surface area contributed by atoms with Crippen molar-refractivity contribution in [3.8, 4) is 6.07 Å². The molecule has 4 saturated carbocycles. The lowest BCUT2D eigenvalue weighted by Gasteiger charge is -2.59. The smallest absolute Gasteiger partial charge is 0.263 e. The number of benzene rings is 1. The normalized spacial score (nSPS) is 31.2. The zero-order valence-corrected chi connectivity index (χ0v) is 18.8. The molecule has 30 heavy (non-hydrogen) atoms. The van der Waals surface area contributed by atoms with Gasteiger partial charge in [0.25, 0.3) is 5.91 Å². The molecule has 0 spiro atoms. The summed E-state index contributed by atoms with van der Waals surface area (Å²) in [5, 5.41) is 15.9. The summed E-state index contributed by atoms with van der Waals surface area (Å²) in [6, 6.07) is 10.3. The summed E-state index contributed by atoms with van der Waals surface area (Å²) in [4.78, 5) is 12.8. The van der Waals surface area contributed by atoms with E-state index in [1.807, 2.05) is 12.1 Å². The van der Waals surface area contributed by atoms with Gasteiger partial charge in [0.1, 0.15) is 11.6 Å². The van der Waals surface area contributed by atoms with E-state index in [0.29, 0.717) is 0 Å². The van der Waals surface area contributed by atoms with E-state index < -0.39 is 0 Å². The summed E-state index contributed by atoms with van der Waals surface area (Å²) in [5.41, 5.74) is 2.59. The number of rotatable bonds is 5. The third-order valence-electron chi connectivity index (χ3n) is 7.85. The van der Waals surface area contributed by atoms with Crippen molar-refractivity contribution in [3.63, 3.8) is 0 Å². The molecule has 0 aliphatic heterocycles. The molecule has 0 aromatic heterocycles. The maximum absolute atomic E-state index is 12.8. The zero-order valence-electron chi connectivity index (χ0n) is 18.8. The van der Waals surface area contributed by atoms with Crippen LogP contribution in [0.5, 0.6) is 0 Å². The molecule has 1 aromatic rings. The fourth-order valence-corrected chi connectivity index (χ4v) is 6.51. The first-order valence-corrected chi connectivity index (χ1v) is 11.5. The Kier molecular flexibility index (Phi) is 5.43. The average molecular weight is 406 g/mol. The van der Waals surface area contributed by atoms with Crippen LogP contribution in [-0.4, -0.2) is 11.9 Å². The minimum Gasteiger partial charge on any atom is -0.360 e. The topological polar surface area (TPSA) is 64.9 Å². The number of nitrogens with zero attached hydrogens (tertiary/aromatic N) is 1. The highest BCUT2D eigenvalue weighted by Crippen LogP contribution is 2.61. The first-order chi connectivity index (χ1) is 14.2. The van der Waals surface area contributed by atoms with Gasteiger partial charge >= 0.3 is 0 Å². The lowest BCUT2D eigenvalue weighted by Crippen LogP contribution is -2.56. The molecule has 2 N–H and O–H groups in total. The molecule has 4 bridgehead atoms. The van der Waals surface area contributed by atoms with Crippen LogP contribution in [0.1, 0.15) is 71.8 Å². The van der Waals surface area contributed by atoms with E-state index in [1.165, 1.54) is 50.3 Å². The van der Waals surface area contributed by atoms with Gasteiger partial charge in [0.05, 0.1) is 0 Å². The molecule has 1 unspecified atom stereocenters. The molecule has 4 aliphatic rings. The number of hydrogen-bond acceptors (Lipinski definition) is 3. The number of anilines is 1.